The van der Waals surface area contributed by atoms with E-state index >= 15 is 0 Å². The van der Waals surface area contributed by atoms with E-state index in [1.165, 1.54) is 17.4 Å². The Morgan fingerprint density at radius 3 is 2.74 bits per heavy atom. The standard InChI is InChI=1S/C20H24FN7O2S/c1-10(12-5-14(21)7-22-6-12)23-20-25-15(16-17(26-20)24-11(2)31-16)19(30)28-8-13(9-28)18(29)27(3)4/h5-7,10,13,19,30H,8-9H2,1-4H3,(H,23,25,26)/t10-,19?/m0/s1. The second-order valence-corrected chi connectivity index (χ2v) is 9.08. The van der Waals surface area contributed by atoms with Crippen LogP contribution >= 0.6 is 11.3 Å². The van der Waals surface area contributed by atoms with E-state index in [9.17, 15) is 14.3 Å². The van der Waals surface area contributed by atoms with Crippen LogP contribution < -0.4 is 5.32 Å². The Labute approximate surface area is 183 Å². The average Bonchev–Trinajstić information content (AvgIpc) is 3.05. The number of aryl methyl sites for hydroxylation is 1. The minimum absolute atomic E-state index is 0.0461. The maximum absolute atomic E-state index is 13.5. The summed E-state index contributed by atoms with van der Waals surface area (Å²) in [6.45, 7) is 4.62. The van der Waals surface area contributed by atoms with Gasteiger partial charge in [-0.2, -0.15) is 4.98 Å². The maximum atomic E-state index is 13.5. The molecule has 4 rings (SSSR count). The molecule has 3 aromatic heterocycles. The third kappa shape index (κ3) is 4.34. The molecule has 0 spiro atoms. The molecule has 0 radical (unpaired) electrons. The summed E-state index contributed by atoms with van der Waals surface area (Å²) in [7, 11) is 3.45. The Morgan fingerprint density at radius 2 is 2.06 bits per heavy atom. The first-order chi connectivity index (χ1) is 14.7. The number of halogens is 1. The van der Waals surface area contributed by atoms with E-state index in [1.54, 1.807) is 30.1 Å². The van der Waals surface area contributed by atoms with Crippen LogP contribution in [0.5, 0.6) is 0 Å². The molecule has 0 aliphatic carbocycles. The van der Waals surface area contributed by atoms with Crippen molar-refractivity contribution in [2.24, 2.45) is 5.92 Å². The zero-order valence-electron chi connectivity index (χ0n) is 17.7. The van der Waals surface area contributed by atoms with Crippen molar-refractivity contribution >= 4 is 33.5 Å². The number of rotatable bonds is 6. The van der Waals surface area contributed by atoms with E-state index in [-0.39, 0.29) is 23.8 Å². The van der Waals surface area contributed by atoms with Crippen LogP contribution in [0.4, 0.5) is 10.3 Å². The third-order valence-electron chi connectivity index (χ3n) is 5.25. The molecule has 0 saturated carbocycles. The molecular weight excluding hydrogens is 421 g/mol. The molecule has 1 unspecified atom stereocenters. The quantitative estimate of drug-likeness (QED) is 0.594. The number of likely N-dealkylation sites (tertiary alicyclic amines) is 1. The fourth-order valence-corrected chi connectivity index (χ4v) is 4.40. The molecule has 31 heavy (non-hydrogen) atoms. The lowest BCUT2D eigenvalue weighted by Crippen LogP contribution is -2.54. The van der Waals surface area contributed by atoms with E-state index in [1.807, 2.05) is 13.8 Å². The Balaban J connectivity index is 1.59. The van der Waals surface area contributed by atoms with Gasteiger partial charge in [0.2, 0.25) is 11.9 Å². The summed E-state index contributed by atoms with van der Waals surface area (Å²) in [5.74, 6) is -0.230. The molecule has 3 aromatic rings. The van der Waals surface area contributed by atoms with Gasteiger partial charge >= 0.3 is 0 Å². The number of aliphatic hydroxyl groups excluding tert-OH is 1. The van der Waals surface area contributed by atoms with Gasteiger partial charge in [0.15, 0.2) is 11.9 Å². The summed E-state index contributed by atoms with van der Waals surface area (Å²) >= 11 is 1.41. The van der Waals surface area contributed by atoms with E-state index in [0.717, 1.165) is 11.2 Å². The number of thiazole rings is 1. The number of carbonyl (C=O) groups is 1. The van der Waals surface area contributed by atoms with Crippen molar-refractivity contribution in [2.75, 3.05) is 32.5 Å². The number of aromatic nitrogens is 4. The van der Waals surface area contributed by atoms with Crippen LogP contribution in [0.15, 0.2) is 18.5 Å². The first kappa shape index (κ1) is 21.5. The number of anilines is 1. The molecule has 2 N–H and O–H groups in total. The largest absolute Gasteiger partial charge is 0.372 e. The second-order valence-electron chi connectivity index (χ2n) is 7.88. The van der Waals surface area contributed by atoms with Gasteiger partial charge in [-0.25, -0.2) is 14.4 Å². The molecule has 0 bridgehead atoms. The Kier molecular flexibility index (Phi) is 5.82. The van der Waals surface area contributed by atoms with Gasteiger partial charge in [-0.15, -0.1) is 11.3 Å². The summed E-state index contributed by atoms with van der Waals surface area (Å²) in [4.78, 5) is 32.8. The summed E-state index contributed by atoms with van der Waals surface area (Å²) < 4.78 is 14.2. The fraction of sp³-hybridized carbons (Fsp3) is 0.450. The molecular formula is C20H24FN7O2S. The van der Waals surface area contributed by atoms with Crippen LogP contribution in [0, 0.1) is 18.7 Å². The van der Waals surface area contributed by atoms with Crippen LogP contribution in [0.25, 0.3) is 10.3 Å². The summed E-state index contributed by atoms with van der Waals surface area (Å²) in [5.41, 5.74) is 1.58. The van der Waals surface area contributed by atoms with Crippen LogP contribution in [-0.2, 0) is 4.79 Å². The molecule has 4 heterocycles. The van der Waals surface area contributed by atoms with Crippen molar-refractivity contribution in [1.82, 2.24) is 29.7 Å². The van der Waals surface area contributed by atoms with E-state index in [4.69, 9.17) is 0 Å². The van der Waals surface area contributed by atoms with Crippen molar-refractivity contribution in [3.8, 4) is 0 Å². The van der Waals surface area contributed by atoms with Crippen molar-refractivity contribution < 1.29 is 14.3 Å². The number of fused-ring (bicyclic) bond motifs is 1. The molecule has 9 nitrogen and oxygen atoms in total. The molecule has 11 heteroatoms. The normalized spacial score (nSPS) is 16.7. The van der Waals surface area contributed by atoms with Crippen molar-refractivity contribution in [1.29, 1.82) is 0 Å². The molecule has 1 aliphatic heterocycles. The maximum Gasteiger partial charge on any atom is 0.227 e. The first-order valence-electron chi connectivity index (χ1n) is 9.88. The molecule has 1 amide bonds. The molecule has 2 atom stereocenters. The van der Waals surface area contributed by atoms with Crippen LogP contribution in [-0.4, -0.2) is 67.9 Å². The monoisotopic (exact) mass is 445 g/mol. The zero-order chi connectivity index (χ0) is 22.3. The van der Waals surface area contributed by atoms with Crippen molar-refractivity contribution in [3.05, 3.63) is 40.5 Å². The highest BCUT2D eigenvalue weighted by Crippen LogP contribution is 2.34. The summed E-state index contributed by atoms with van der Waals surface area (Å²) in [5, 5.41) is 15.0. The topological polar surface area (TPSA) is 107 Å². The number of aliphatic hydroxyl groups is 1. The number of hydrogen-bond acceptors (Lipinski definition) is 9. The molecule has 0 aromatic carbocycles. The van der Waals surface area contributed by atoms with Crippen LogP contribution in [0.3, 0.4) is 0 Å². The lowest BCUT2D eigenvalue weighted by Gasteiger charge is -2.41. The minimum Gasteiger partial charge on any atom is -0.372 e. The minimum atomic E-state index is -0.983. The summed E-state index contributed by atoms with van der Waals surface area (Å²) in [6, 6.07) is 1.09. The molecule has 1 aliphatic rings. The van der Waals surface area contributed by atoms with Gasteiger partial charge in [0, 0.05) is 33.4 Å². The molecule has 1 saturated heterocycles. The predicted octanol–water partition coefficient (Wildman–Crippen LogP) is 2.11. The third-order valence-corrected chi connectivity index (χ3v) is 6.23. The lowest BCUT2D eigenvalue weighted by atomic mass is 9.98. The van der Waals surface area contributed by atoms with Crippen LogP contribution in [0.1, 0.15) is 35.5 Å². The van der Waals surface area contributed by atoms with Crippen molar-refractivity contribution in [3.63, 3.8) is 0 Å². The van der Waals surface area contributed by atoms with Gasteiger partial charge in [-0.3, -0.25) is 14.7 Å². The second kappa shape index (κ2) is 8.40. The van der Waals surface area contributed by atoms with Gasteiger partial charge in [0.05, 0.1) is 27.9 Å². The Bertz CT molecular complexity index is 1120. The van der Waals surface area contributed by atoms with Crippen LogP contribution in [0.2, 0.25) is 0 Å². The average molecular weight is 446 g/mol. The van der Waals surface area contributed by atoms with Gasteiger partial charge < -0.3 is 15.3 Å². The SMILES string of the molecule is Cc1nc2nc(N[C@@H](C)c3cncc(F)c3)nc(C(O)N3CC(C(=O)N(C)C)C3)c2s1. The van der Waals surface area contributed by atoms with Gasteiger partial charge in [-0.1, -0.05) is 0 Å². The summed E-state index contributed by atoms with van der Waals surface area (Å²) in [6.07, 6.45) is 1.74. The van der Waals surface area contributed by atoms with E-state index < -0.39 is 12.0 Å². The van der Waals surface area contributed by atoms with E-state index in [0.29, 0.717) is 34.7 Å². The van der Waals surface area contributed by atoms with Gasteiger partial charge in [-0.05, 0) is 25.5 Å². The van der Waals surface area contributed by atoms with Gasteiger partial charge in [0.1, 0.15) is 11.5 Å². The fourth-order valence-electron chi connectivity index (χ4n) is 3.54. The predicted molar refractivity (Wildman–Crippen MR) is 115 cm³/mol. The zero-order valence-corrected chi connectivity index (χ0v) is 18.5. The van der Waals surface area contributed by atoms with Gasteiger partial charge in [0.25, 0.3) is 0 Å². The lowest BCUT2D eigenvalue weighted by molar-refractivity contribution is -0.145. The number of nitrogens with one attached hydrogen (secondary N) is 1. The number of carbonyl (C=O) groups excluding carboxylic acids is 1. The molecule has 164 valence electrons. The number of amides is 1. The van der Waals surface area contributed by atoms with E-state index in [2.05, 4.69) is 25.3 Å². The smallest absolute Gasteiger partial charge is 0.227 e. The highest BCUT2D eigenvalue weighted by Gasteiger charge is 2.38. The Hall–Kier alpha value is -2.76. The number of pyridine rings is 1. The highest BCUT2D eigenvalue weighted by atomic mass is 32.1. The van der Waals surface area contributed by atoms with Crippen molar-refractivity contribution in [2.45, 2.75) is 26.1 Å². The highest BCUT2D eigenvalue weighted by molar-refractivity contribution is 7.18. The molecule has 1 fully saturated rings. The Morgan fingerprint density at radius 1 is 1.32 bits per heavy atom. The first-order valence-corrected chi connectivity index (χ1v) is 10.7. The number of nitrogens with zero attached hydrogens (tertiary/aromatic N) is 6. The number of hydrogen-bond donors (Lipinski definition) is 2.